The zero-order chi connectivity index (χ0) is 7.78. The van der Waals surface area contributed by atoms with E-state index in [4.69, 9.17) is 0 Å². The van der Waals surface area contributed by atoms with Crippen molar-refractivity contribution in [2.24, 2.45) is 11.8 Å². The molecule has 0 bridgehead atoms. The summed E-state index contributed by atoms with van der Waals surface area (Å²) >= 11 is 0. The molecule has 1 heterocycles. The van der Waals surface area contributed by atoms with Crippen molar-refractivity contribution in [3.63, 3.8) is 0 Å². The molecule has 0 aromatic heterocycles. The van der Waals surface area contributed by atoms with Gasteiger partial charge < -0.3 is 9.96 Å². The smallest absolute Gasteiger partial charge is 0.0808 e. The molecule has 2 nitrogen and oxygen atoms in total. The SMILES string of the molecule is C[C@@H]1C[C@@H](C)C[N+](C)(C)C1.[OH-]. The Bertz CT molecular complexity index is 111. The van der Waals surface area contributed by atoms with Gasteiger partial charge in [0.2, 0.25) is 0 Å². The van der Waals surface area contributed by atoms with Crippen LogP contribution < -0.4 is 0 Å². The van der Waals surface area contributed by atoms with Crippen molar-refractivity contribution >= 4 is 0 Å². The molecule has 0 unspecified atom stereocenters. The summed E-state index contributed by atoms with van der Waals surface area (Å²) in [5, 5.41) is 0. The van der Waals surface area contributed by atoms with E-state index in [1.807, 2.05) is 0 Å². The van der Waals surface area contributed by atoms with Gasteiger partial charge in [0.15, 0.2) is 0 Å². The first kappa shape index (κ1) is 10.9. The highest BCUT2D eigenvalue weighted by molar-refractivity contribution is 4.64. The first-order valence-corrected chi connectivity index (χ1v) is 4.31. The number of nitrogens with zero attached hydrogens (tertiary/aromatic N) is 1. The summed E-state index contributed by atoms with van der Waals surface area (Å²) in [6, 6.07) is 0. The Kier molecular flexibility index (Phi) is 3.52. The Balaban J connectivity index is 0.000001000. The number of piperidine rings is 1. The summed E-state index contributed by atoms with van der Waals surface area (Å²) in [4.78, 5) is 0. The lowest BCUT2D eigenvalue weighted by molar-refractivity contribution is -0.902. The van der Waals surface area contributed by atoms with Gasteiger partial charge in [-0.2, -0.15) is 0 Å². The summed E-state index contributed by atoms with van der Waals surface area (Å²) in [5.41, 5.74) is 0. The minimum absolute atomic E-state index is 0. The first-order chi connectivity index (χ1) is 4.49. The van der Waals surface area contributed by atoms with Crippen molar-refractivity contribution < 1.29 is 9.96 Å². The van der Waals surface area contributed by atoms with Crippen LogP contribution in [0.2, 0.25) is 0 Å². The average molecular weight is 159 g/mol. The van der Waals surface area contributed by atoms with E-state index in [2.05, 4.69) is 27.9 Å². The van der Waals surface area contributed by atoms with Gasteiger partial charge in [-0.05, 0) is 6.42 Å². The molecule has 2 heteroatoms. The molecule has 0 saturated carbocycles. The summed E-state index contributed by atoms with van der Waals surface area (Å²) < 4.78 is 1.22. The minimum atomic E-state index is 0. The summed E-state index contributed by atoms with van der Waals surface area (Å²) in [5.74, 6) is 1.86. The Hall–Kier alpha value is -0.0800. The quantitative estimate of drug-likeness (QED) is 0.493. The van der Waals surface area contributed by atoms with Crippen molar-refractivity contribution in [3.05, 3.63) is 0 Å². The fourth-order valence-corrected chi connectivity index (χ4v) is 2.60. The van der Waals surface area contributed by atoms with Crippen molar-refractivity contribution in [3.8, 4) is 0 Å². The van der Waals surface area contributed by atoms with Crippen LogP contribution in [-0.4, -0.2) is 37.1 Å². The third-order valence-electron chi connectivity index (χ3n) is 2.42. The molecule has 1 saturated heterocycles. The highest BCUT2D eigenvalue weighted by Crippen LogP contribution is 2.23. The van der Waals surface area contributed by atoms with E-state index in [1.54, 1.807) is 0 Å². The number of hydrogen-bond acceptors (Lipinski definition) is 1. The molecule has 0 spiro atoms. The lowest BCUT2D eigenvalue weighted by atomic mass is 9.91. The maximum absolute atomic E-state index is 2.37. The maximum atomic E-state index is 2.37. The molecular formula is C9H21NO. The second-order valence-corrected chi connectivity index (χ2v) is 4.75. The lowest BCUT2D eigenvalue weighted by Crippen LogP contribution is -2.49. The van der Waals surface area contributed by atoms with Gasteiger partial charge in [0.05, 0.1) is 27.2 Å². The van der Waals surface area contributed by atoms with Crippen LogP contribution in [0.1, 0.15) is 20.3 Å². The molecular weight excluding hydrogens is 138 g/mol. The summed E-state index contributed by atoms with van der Waals surface area (Å²) in [6.07, 6.45) is 1.43. The second-order valence-electron chi connectivity index (χ2n) is 4.75. The van der Waals surface area contributed by atoms with Crippen molar-refractivity contribution in [1.82, 2.24) is 0 Å². The van der Waals surface area contributed by atoms with Gasteiger partial charge >= 0.3 is 0 Å². The molecule has 0 aromatic carbocycles. The lowest BCUT2D eigenvalue weighted by Gasteiger charge is -2.40. The fourth-order valence-electron chi connectivity index (χ4n) is 2.60. The molecule has 11 heavy (non-hydrogen) atoms. The normalized spacial score (nSPS) is 36.0. The van der Waals surface area contributed by atoms with Crippen molar-refractivity contribution in [2.45, 2.75) is 20.3 Å². The van der Waals surface area contributed by atoms with E-state index in [0.29, 0.717) is 0 Å². The standard InChI is InChI=1S/C9H20N.H2O/c1-8-5-9(2)7-10(3,4)6-8;/h8-9H,5-7H2,1-4H3;1H2/q+1;/p-1/t8-,9-;/m1./s1. The number of hydrogen-bond donors (Lipinski definition) is 0. The van der Waals surface area contributed by atoms with Crippen LogP contribution >= 0.6 is 0 Å². The fraction of sp³-hybridized carbons (Fsp3) is 1.00. The predicted octanol–water partition coefficient (Wildman–Crippen LogP) is 1.56. The van der Waals surface area contributed by atoms with Crippen LogP contribution in [0.3, 0.4) is 0 Å². The Morgan fingerprint density at radius 1 is 1.00 bits per heavy atom. The van der Waals surface area contributed by atoms with E-state index in [0.717, 1.165) is 11.8 Å². The first-order valence-electron chi connectivity index (χ1n) is 4.31. The van der Waals surface area contributed by atoms with Crippen LogP contribution in [-0.2, 0) is 0 Å². The molecule has 1 fully saturated rings. The molecule has 68 valence electrons. The minimum Gasteiger partial charge on any atom is -0.870 e. The molecule has 1 aliphatic heterocycles. The Morgan fingerprint density at radius 3 is 1.64 bits per heavy atom. The Labute approximate surface area is 70.1 Å². The Morgan fingerprint density at radius 2 is 1.36 bits per heavy atom. The number of likely N-dealkylation sites (tertiary alicyclic amines) is 1. The van der Waals surface area contributed by atoms with Crippen molar-refractivity contribution in [2.75, 3.05) is 27.2 Å². The van der Waals surface area contributed by atoms with E-state index < -0.39 is 0 Å². The largest absolute Gasteiger partial charge is 0.870 e. The van der Waals surface area contributed by atoms with E-state index in [9.17, 15) is 0 Å². The zero-order valence-electron chi connectivity index (χ0n) is 8.17. The van der Waals surface area contributed by atoms with Gasteiger partial charge in [-0.3, -0.25) is 0 Å². The van der Waals surface area contributed by atoms with Gasteiger partial charge in [-0.25, -0.2) is 0 Å². The van der Waals surface area contributed by atoms with E-state index in [-0.39, 0.29) is 5.48 Å². The topological polar surface area (TPSA) is 30.0 Å². The molecule has 0 aromatic rings. The van der Waals surface area contributed by atoms with Gasteiger partial charge in [0.25, 0.3) is 0 Å². The van der Waals surface area contributed by atoms with Crippen LogP contribution in [0.25, 0.3) is 0 Å². The third kappa shape index (κ3) is 3.21. The highest BCUT2D eigenvalue weighted by Gasteiger charge is 2.28. The van der Waals surface area contributed by atoms with Gasteiger partial charge in [-0.1, -0.05) is 13.8 Å². The van der Waals surface area contributed by atoms with E-state index in [1.165, 1.54) is 24.0 Å². The third-order valence-corrected chi connectivity index (χ3v) is 2.42. The molecule has 0 aliphatic carbocycles. The van der Waals surface area contributed by atoms with Gasteiger partial charge in [-0.15, -0.1) is 0 Å². The molecule has 1 aliphatic rings. The van der Waals surface area contributed by atoms with Crippen molar-refractivity contribution in [1.29, 1.82) is 0 Å². The monoisotopic (exact) mass is 159 g/mol. The number of rotatable bonds is 0. The van der Waals surface area contributed by atoms with Crippen LogP contribution in [0.5, 0.6) is 0 Å². The predicted molar refractivity (Wildman–Crippen MR) is 46.7 cm³/mol. The molecule has 0 radical (unpaired) electrons. The van der Waals surface area contributed by atoms with E-state index >= 15 is 0 Å². The second kappa shape index (κ2) is 3.55. The van der Waals surface area contributed by atoms with Crippen LogP contribution in [0.4, 0.5) is 0 Å². The summed E-state index contributed by atoms with van der Waals surface area (Å²) in [6.45, 7) is 7.47. The molecule has 1 rings (SSSR count). The average Bonchev–Trinajstić information content (AvgIpc) is 1.54. The van der Waals surface area contributed by atoms with Gasteiger partial charge in [0, 0.05) is 11.8 Å². The van der Waals surface area contributed by atoms with Crippen LogP contribution in [0.15, 0.2) is 0 Å². The molecule has 2 atom stereocenters. The van der Waals surface area contributed by atoms with Crippen LogP contribution in [0, 0.1) is 11.8 Å². The maximum Gasteiger partial charge on any atom is 0.0808 e. The highest BCUT2D eigenvalue weighted by atomic mass is 16.0. The zero-order valence-corrected chi connectivity index (χ0v) is 8.17. The van der Waals surface area contributed by atoms with Gasteiger partial charge in [0.1, 0.15) is 0 Å². The summed E-state index contributed by atoms with van der Waals surface area (Å²) in [7, 11) is 4.68. The number of quaternary nitrogens is 1. The molecule has 0 amide bonds. The molecule has 1 N–H and O–H groups in total.